The molecule has 0 aromatic heterocycles. The minimum absolute atomic E-state index is 0.312. The molecule has 1 heterocycles. The lowest BCUT2D eigenvalue weighted by atomic mass is 10.0. The lowest BCUT2D eigenvalue weighted by Crippen LogP contribution is -2.21. The molecule has 0 saturated heterocycles. The van der Waals surface area contributed by atoms with Gasteiger partial charge in [-0.3, -0.25) is 4.79 Å². The minimum atomic E-state index is 0.312. The van der Waals surface area contributed by atoms with Crippen molar-refractivity contribution in [1.29, 1.82) is 0 Å². The highest BCUT2D eigenvalue weighted by molar-refractivity contribution is 8.03. The second kappa shape index (κ2) is 7.39. The number of anilines is 1. The van der Waals surface area contributed by atoms with Gasteiger partial charge in [0.15, 0.2) is 5.78 Å². The number of thioether (sulfide) groups is 1. The van der Waals surface area contributed by atoms with Crippen molar-refractivity contribution in [2.75, 3.05) is 4.90 Å². The molecule has 0 radical (unpaired) electrons. The van der Waals surface area contributed by atoms with Crippen LogP contribution in [0.25, 0.3) is 0 Å². The number of Topliss-reactive ketones (excluding diaryl/α,β-unsaturated/α-hetero) is 1. The summed E-state index contributed by atoms with van der Waals surface area (Å²) in [6.45, 7) is 4.18. The topological polar surface area (TPSA) is 20.3 Å². The van der Waals surface area contributed by atoms with Crippen LogP contribution >= 0.6 is 11.8 Å². The summed E-state index contributed by atoms with van der Waals surface area (Å²) in [5, 5.41) is 1.15. The van der Waals surface area contributed by atoms with Crippen LogP contribution in [0, 0.1) is 0 Å². The van der Waals surface area contributed by atoms with Crippen molar-refractivity contribution in [3.05, 3.63) is 46.6 Å². The molecule has 1 aliphatic carbocycles. The van der Waals surface area contributed by atoms with Crippen LogP contribution in [0.3, 0.4) is 0 Å². The summed E-state index contributed by atoms with van der Waals surface area (Å²) in [5.74, 6) is 0.312. The molecule has 0 fully saturated rings. The molecule has 3 rings (SSSR count). The quantitative estimate of drug-likeness (QED) is 0.614. The molecule has 1 aromatic rings. The smallest absolute Gasteiger partial charge is 0.161 e. The summed E-state index contributed by atoms with van der Waals surface area (Å²) in [5.41, 5.74) is 3.62. The molecule has 1 aliphatic heterocycles. The highest BCUT2D eigenvalue weighted by Gasteiger charge is 2.31. The van der Waals surface area contributed by atoms with E-state index in [1.54, 1.807) is 11.8 Å². The first-order valence-electron chi connectivity index (χ1n) is 8.78. The molecule has 0 unspecified atom stereocenters. The number of hydrogen-bond donors (Lipinski definition) is 0. The monoisotopic (exact) mass is 327 g/mol. The van der Waals surface area contributed by atoms with Gasteiger partial charge in [-0.2, -0.15) is 0 Å². The van der Waals surface area contributed by atoms with Crippen molar-refractivity contribution in [1.82, 2.24) is 0 Å². The lowest BCUT2D eigenvalue weighted by molar-refractivity contribution is -0.115. The number of benzene rings is 1. The zero-order valence-corrected chi connectivity index (χ0v) is 14.9. The first kappa shape index (κ1) is 16.4. The third kappa shape index (κ3) is 3.25. The Labute approximate surface area is 143 Å². The Morgan fingerprint density at radius 2 is 2.04 bits per heavy atom. The van der Waals surface area contributed by atoms with Gasteiger partial charge >= 0.3 is 0 Å². The lowest BCUT2D eigenvalue weighted by Gasteiger charge is -2.27. The highest BCUT2D eigenvalue weighted by Crippen LogP contribution is 2.50. The number of carbonyl (C=O) groups excluding carboxylic acids is 1. The average molecular weight is 327 g/mol. The van der Waals surface area contributed by atoms with E-state index in [1.165, 1.54) is 29.1 Å². The summed E-state index contributed by atoms with van der Waals surface area (Å²) in [6.07, 6.45) is 9.51. The van der Waals surface area contributed by atoms with Crippen LogP contribution in [0.1, 0.15) is 58.8 Å². The van der Waals surface area contributed by atoms with Gasteiger partial charge in [0.05, 0.1) is 10.7 Å². The number of allylic oxidation sites excluding steroid dienone is 3. The van der Waals surface area contributed by atoms with E-state index in [2.05, 4.69) is 49.1 Å². The number of para-hydroxylation sites is 1. The van der Waals surface area contributed by atoms with Gasteiger partial charge in [-0.25, -0.2) is 0 Å². The Morgan fingerprint density at radius 3 is 2.74 bits per heavy atom. The molecule has 2 nitrogen and oxygen atoms in total. The second-order valence-electron chi connectivity index (χ2n) is 6.16. The van der Waals surface area contributed by atoms with Gasteiger partial charge < -0.3 is 4.90 Å². The summed E-state index contributed by atoms with van der Waals surface area (Å²) in [4.78, 5) is 16.3. The van der Waals surface area contributed by atoms with E-state index in [0.29, 0.717) is 12.2 Å². The molecule has 23 heavy (non-hydrogen) atoms. The Balaban J connectivity index is 2.08. The van der Waals surface area contributed by atoms with Gasteiger partial charge in [0.2, 0.25) is 0 Å². The molecular formula is C20H25NOS. The fourth-order valence-electron chi connectivity index (χ4n) is 3.34. The first-order valence-corrected chi connectivity index (χ1v) is 9.60. The number of hydrogen-bond acceptors (Lipinski definition) is 3. The largest absolute Gasteiger partial charge is 0.307 e. The molecule has 0 N–H and O–H groups in total. The van der Waals surface area contributed by atoms with E-state index in [4.69, 9.17) is 0 Å². The van der Waals surface area contributed by atoms with Crippen LogP contribution in [-0.4, -0.2) is 5.78 Å². The van der Waals surface area contributed by atoms with E-state index in [9.17, 15) is 4.79 Å². The van der Waals surface area contributed by atoms with Crippen LogP contribution in [-0.2, 0) is 4.79 Å². The van der Waals surface area contributed by atoms with E-state index < -0.39 is 0 Å². The molecular weight excluding hydrogens is 302 g/mol. The highest BCUT2D eigenvalue weighted by atomic mass is 32.2. The fraction of sp³-hybridized carbons (Fsp3) is 0.450. The van der Waals surface area contributed by atoms with E-state index in [-0.39, 0.29) is 0 Å². The van der Waals surface area contributed by atoms with E-state index in [0.717, 1.165) is 36.3 Å². The van der Waals surface area contributed by atoms with Gasteiger partial charge in [-0.15, -0.1) is 0 Å². The summed E-state index contributed by atoms with van der Waals surface area (Å²) < 4.78 is 0. The van der Waals surface area contributed by atoms with Crippen LogP contribution in [0.15, 0.2) is 51.5 Å². The Hall–Kier alpha value is -1.48. The summed E-state index contributed by atoms with van der Waals surface area (Å²) >= 11 is 1.77. The summed E-state index contributed by atoms with van der Waals surface area (Å²) in [7, 11) is 0. The van der Waals surface area contributed by atoms with Gasteiger partial charge in [0.1, 0.15) is 0 Å². The third-order valence-electron chi connectivity index (χ3n) is 4.50. The summed E-state index contributed by atoms with van der Waals surface area (Å²) in [6, 6.07) is 8.53. The SMILES string of the molecule is CCCC(=O)/C(CC)=C1\Sc2ccccc2N1C1=CCCCC1. The third-order valence-corrected chi connectivity index (χ3v) is 5.68. The number of ketones is 1. The number of fused-ring (bicyclic) bond motifs is 1. The van der Waals surface area contributed by atoms with Crippen molar-refractivity contribution in [3.8, 4) is 0 Å². The zero-order valence-electron chi connectivity index (χ0n) is 14.1. The molecule has 2 aliphatic rings. The van der Waals surface area contributed by atoms with Gasteiger partial charge in [0.25, 0.3) is 0 Å². The number of carbonyl (C=O) groups is 1. The molecule has 3 heteroatoms. The fourth-order valence-corrected chi connectivity index (χ4v) is 4.65. The number of rotatable bonds is 5. The Kier molecular flexibility index (Phi) is 5.27. The molecule has 122 valence electrons. The first-order chi connectivity index (χ1) is 11.3. The predicted octanol–water partition coefficient (Wildman–Crippen LogP) is 6.05. The maximum absolute atomic E-state index is 12.6. The molecule has 1 aromatic carbocycles. The van der Waals surface area contributed by atoms with E-state index >= 15 is 0 Å². The maximum atomic E-state index is 12.6. The Bertz CT molecular complexity index is 659. The van der Waals surface area contributed by atoms with E-state index in [1.807, 2.05) is 0 Å². The predicted molar refractivity (Wildman–Crippen MR) is 98.6 cm³/mol. The van der Waals surface area contributed by atoms with Crippen molar-refractivity contribution < 1.29 is 4.79 Å². The Morgan fingerprint density at radius 1 is 1.22 bits per heavy atom. The normalized spacial score (nSPS) is 19.4. The average Bonchev–Trinajstić information content (AvgIpc) is 2.95. The van der Waals surface area contributed by atoms with Crippen LogP contribution in [0.4, 0.5) is 5.69 Å². The van der Waals surface area contributed by atoms with Crippen molar-refractivity contribution in [3.63, 3.8) is 0 Å². The van der Waals surface area contributed by atoms with Crippen LogP contribution in [0.5, 0.6) is 0 Å². The molecule has 0 atom stereocenters. The van der Waals surface area contributed by atoms with Crippen molar-refractivity contribution in [2.45, 2.75) is 63.7 Å². The van der Waals surface area contributed by atoms with Crippen LogP contribution in [0.2, 0.25) is 0 Å². The zero-order chi connectivity index (χ0) is 16.2. The van der Waals surface area contributed by atoms with Crippen molar-refractivity contribution >= 4 is 23.2 Å². The standard InChI is InChI=1S/C20H25NOS/c1-3-10-18(22)16(4-2)20-21(15-11-6-5-7-12-15)17-13-8-9-14-19(17)23-20/h8-9,11,13-14H,3-7,10,12H2,1-2H3/b20-16-. The van der Waals surface area contributed by atoms with Crippen molar-refractivity contribution in [2.24, 2.45) is 0 Å². The van der Waals surface area contributed by atoms with Gasteiger partial charge in [-0.05, 0) is 50.7 Å². The van der Waals surface area contributed by atoms with Gasteiger partial charge in [0, 0.05) is 22.6 Å². The molecule has 0 bridgehead atoms. The molecule has 0 spiro atoms. The maximum Gasteiger partial charge on any atom is 0.161 e. The van der Waals surface area contributed by atoms with Gasteiger partial charge in [-0.1, -0.05) is 43.8 Å². The number of nitrogens with zero attached hydrogens (tertiary/aromatic N) is 1. The molecule has 0 saturated carbocycles. The molecule has 0 amide bonds. The minimum Gasteiger partial charge on any atom is -0.307 e. The van der Waals surface area contributed by atoms with Crippen LogP contribution < -0.4 is 4.90 Å². The second-order valence-corrected chi connectivity index (χ2v) is 7.19.